The number of hydrogen-bond donors (Lipinski definition) is 1. The minimum atomic E-state index is -4.09. The van der Waals surface area contributed by atoms with Gasteiger partial charge in [-0.25, -0.2) is 0 Å². The van der Waals surface area contributed by atoms with Crippen LogP contribution in [0.5, 0.6) is 0 Å². The summed E-state index contributed by atoms with van der Waals surface area (Å²) in [5.74, 6) is 0. The maximum Gasteiger partial charge on any atom is 0.389 e. The van der Waals surface area contributed by atoms with E-state index in [1.54, 1.807) is 0 Å². The highest BCUT2D eigenvalue weighted by molar-refractivity contribution is 4.59. The van der Waals surface area contributed by atoms with Gasteiger partial charge < -0.3 is 5.11 Å². The van der Waals surface area contributed by atoms with Crippen molar-refractivity contribution in [3.05, 3.63) is 0 Å². The molecule has 20 heavy (non-hydrogen) atoms. The van der Waals surface area contributed by atoms with Gasteiger partial charge in [0.2, 0.25) is 0 Å². The van der Waals surface area contributed by atoms with Gasteiger partial charge in [0.15, 0.2) is 0 Å². The van der Waals surface area contributed by atoms with Crippen LogP contribution in [0.4, 0.5) is 13.2 Å². The molecule has 0 aromatic rings. The number of hydrogen-bond acceptors (Lipinski definition) is 1. The van der Waals surface area contributed by atoms with Gasteiger partial charge in [-0.1, -0.05) is 64.7 Å². The molecule has 0 rings (SSSR count). The molecule has 1 atom stereocenters. The van der Waals surface area contributed by atoms with Crippen molar-refractivity contribution in [2.75, 3.05) is 0 Å². The molecule has 0 aromatic carbocycles. The Kier molecular flexibility index (Phi) is 12.3. The van der Waals surface area contributed by atoms with Crippen molar-refractivity contribution < 1.29 is 18.3 Å². The zero-order valence-electron chi connectivity index (χ0n) is 12.9. The molecule has 1 unspecified atom stereocenters. The molecule has 0 aliphatic heterocycles. The van der Waals surface area contributed by atoms with E-state index in [2.05, 4.69) is 6.92 Å². The third-order valence-electron chi connectivity index (χ3n) is 3.64. The number of rotatable bonds is 13. The van der Waals surface area contributed by atoms with Crippen molar-refractivity contribution in [1.82, 2.24) is 0 Å². The van der Waals surface area contributed by atoms with E-state index >= 15 is 0 Å². The molecule has 0 saturated carbocycles. The number of halogens is 3. The van der Waals surface area contributed by atoms with Crippen LogP contribution < -0.4 is 0 Å². The first-order chi connectivity index (χ1) is 9.45. The molecule has 122 valence electrons. The number of alkyl halides is 3. The Balaban J connectivity index is 3.21. The van der Waals surface area contributed by atoms with Crippen LogP contribution >= 0.6 is 0 Å². The highest BCUT2D eigenvalue weighted by Crippen LogP contribution is 2.23. The summed E-state index contributed by atoms with van der Waals surface area (Å²) < 4.78 is 35.8. The highest BCUT2D eigenvalue weighted by Gasteiger charge is 2.26. The summed E-state index contributed by atoms with van der Waals surface area (Å²) in [5.41, 5.74) is 0. The Hall–Kier alpha value is -0.250. The normalized spacial score (nSPS) is 13.7. The lowest BCUT2D eigenvalue weighted by Crippen LogP contribution is -2.11. The summed E-state index contributed by atoms with van der Waals surface area (Å²) in [6.07, 6.45) is 6.52. The van der Waals surface area contributed by atoms with Gasteiger partial charge in [-0.05, 0) is 19.3 Å². The lowest BCUT2D eigenvalue weighted by atomic mass is 10.0. The monoisotopic (exact) mass is 296 g/mol. The summed E-state index contributed by atoms with van der Waals surface area (Å²) in [6.45, 7) is 2.21. The molecule has 0 aliphatic rings. The van der Waals surface area contributed by atoms with Crippen molar-refractivity contribution in [2.24, 2.45) is 0 Å². The van der Waals surface area contributed by atoms with Gasteiger partial charge in [0.05, 0.1) is 6.10 Å². The molecule has 4 heteroatoms. The van der Waals surface area contributed by atoms with Gasteiger partial charge in [0.1, 0.15) is 0 Å². The molecular weight excluding hydrogens is 265 g/mol. The van der Waals surface area contributed by atoms with E-state index in [-0.39, 0.29) is 12.8 Å². The Morgan fingerprint density at radius 3 is 1.70 bits per heavy atom. The summed E-state index contributed by atoms with van der Waals surface area (Å²) in [7, 11) is 0. The standard InChI is InChI=1S/C16H31F3O/c1-2-3-4-5-6-7-8-9-10-12-15(20)13-11-14-16(17,18)19/h15,20H,2-14H2,1H3. The lowest BCUT2D eigenvalue weighted by molar-refractivity contribution is -0.136. The average molecular weight is 296 g/mol. The van der Waals surface area contributed by atoms with Gasteiger partial charge in [0.25, 0.3) is 0 Å². The van der Waals surface area contributed by atoms with Crippen LogP contribution in [0, 0.1) is 0 Å². The fourth-order valence-corrected chi connectivity index (χ4v) is 2.37. The van der Waals surface area contributed by atoms with Gasteiger partial charge >= 0.3 is 6.18 Å². The van der Waals surface area contributed by atoms with Crippen LogP contribution in [0.25, 0.3) is 0 Å². The van der Waals surface area contributed by atoms with E-state index in [9.17, 15) is 18.3 Å². The van der Waals surface area contributed by atoms with Crippen LogP contribution in [0.2, 0.25) is 0 Å². The van der Waals surface area contributed by atoms with Gasteiger partial charge in [0, 0.05) is 6.42 Å². The molecular formula is C16H31F3O. The van der Waals surface area contributed by atoms with Crippen LogP contribution in [0.3, 0.4) is 0 Å². The minimum Gasteiger partial charge on any atom is -0.393 e. The minimum absolute atomic E-state index is 0.0437. The zero-order chi connectivity index (χ0) is 15.3. The Morgan fingerprint density at radius 1 is 0.750 bits per heavy atom. The number of unbranched alkanes of at least 4 members (excludes halogenated alkanes) is 8. The molecule has 0 saturated heterocycles. The van der Waals surface area contributed by atoms with E-state index < -0.39 is 18.7 Å². The van der Waals surface area contributed by atoms with Gasteiger partial charge in [-0.3, -0.25) is 0 Å². The molecule has 0 amide bonds. The molecule has 0 aliphatic carbocycles. The maximum atomic E-state index is 11.9. The third kappa shape index (κ3) is 15.8. The van der Waals surface area contributed by atoms with E-state index in [1.165, 1.54) is 44.9 Å². The zero-order valence-corrected chi connectivity index (χ0v) is 12.9. The SMILES string of the molecule is CCCCCCCCCCCC(O)CCCC(F)(F)F. The first-order valence-electron chi connectivity index (χ1n) is 8.20. The first kappa shape index (κ1) is 19.8. The Labute approximate surface area is 122 Å². The molecule has 0 bridgehead atoms. The Bertz CT molecular complexity index is 204. The molecule has 1 N–H and O–H groups in total. The van der Waals surface area contributed by atoms with E-state index in [0.717, 1.165) is 12.8 Å². The van der Waals surface area contributed by atoms with E-state index in [0.29, 0.717) is 6.42 Å². The summed E-state index contributed by atoms with van der Waals surface area (Å²) in [5, 5.41) is 9.58. The second kappa shape index (κ2) is 12.5. The number of aliphatic hydroxyl groups excluding tert-OH is 1. The lowest BCUT2D eigenvalue weighted by Gasteiger charge is -2.11. The molecule has 0 radical (unpaired) electrons. The van der Waals surface area contributed by atoms with Gasteiger partial charge in [-0.2, -0.15) is 13.2 Å². The first-order valence-corrected chi connectivity index (χ1v) is 8.20. The van der Waals surface area contributed by atoms with Crippen molar-refractivity contribution in [1.29, 1.82) is 0 Å². The van der Waals surface area contributed by atoms with Crippen LogP contribution in [0.1, 0.15) is 90.4 Å². The average Bonchev–Trinajstić information content (AvgIpc) is 2.35. The highest BCUT2D eigenvalue weighted by atomic mass is 19.4. The molecule has 0 aromatic heterocycles. The fourth-order valence-electron chi connectivity index (χ4n) is 2.37. The summed E-state index contributed by atoms with van der Waals surface area (Å²) >= 11 is 0. The van der Waals surface area contributed by atoms with Crippen molar-refractivity contribution in [3.63, 3.8) is 0 Å². The summed E-state index contributed by atoms with van der Waals surface area (Å²) in [4.78, 5) is 0. The van der Waals surface area contributed by atoms with Crippen LogP contribution in [0.15, 0.2) is 0 Å². The van der Waals surface area contributed by atoms with E-state index in [4.69, 9.17) is 0 Å². The smallest absolute Gasteiger partial charge is 0.389 e. The largest absolute Gasteiger partial charge is 0.393 e. The maximum absolute atomic E-state index is 11.9. The second-order valence-electron chi connectivity index (χ2n) is 5.78. The predicted octanol–water partition coefficient (Wildman–Crippen LogP) is 6.00. The Morgan fingerprint density at radius 2 is 1.20 bits per heavy atom. The fraction of sp³-hybridized carbons (Fsp3) is 1.00. The van der Waals surface area contributed by atoms with Crippen LogP contribution in [-0.2, 0) is 0 Å². The second-order valence-corrected chi connectivity index (χ2v) is 5.78. The van der Waals surface area contributed by atoms with Gasteiger partial charge in [-0.15, -0.1) is 0 Å². The van der Waals surface area contributed by atoms with Crippen LogP contribution in [-0.4, -0.2) is 17.4 Å². The molecule has 0 heterocycles. The molecule has 0 fully saturated rings. The van der Waals surface area contributed by atoms with Crippen molar-refractivity contribution >= 4 is 0 Å². The third-order valence-corrected chi connectivity index (χ3v) is 3.64. The predicted molar refractivity (Wildman–Crippen MR) is 77.8 cm³/mol. The van der Waals surface area contributed by atoms with E-state index in [1.807, 2.05) is 0 Å². The summed E-state index contributed by atoms with van der Waals surface area (Å²) in [6, 6.07) is 0. The topological polar surface area (TPSA) is 20.2 Å². The van der Waals surface area contributed by atoms with Crippen molar-refractivity contribution in [2.45, 2.75) is 103 Å². The quantitative estimate of drug-likeness (QED) is 0.413. The molecule has 0 spiro atoms. The van der Waals surface area contributed by atoms with Crippen molar-refractivity contribution in [3.8, 4) is 0 Å². The molecule has 1 nitrogen and oxygen atoms in total. The number of aliphatic hydroxyl groups is 1.